The summed E-state index contributed by atoms with van der Waals surface area (Å²) in [6, 6.07) is 9.11. The maximum atomic E-state index is 12.3. The molecule has 0 fully saturated rings. The van der Waals surface area contributed by atoms with Crippen LogP contribution in [0.1, 0.15) is 28.0 Å². The third kappa shape index (κ3) is 5.33. The Hall–Kier alpha value is -3.37. The SMILES string of the molecule is C#C[C@@H](CC(=O)O)NC(=O)c1cccc(Oc2cc(CN)cc(C)n2)c1. The van der Waals surface area contributed by atoms with Gasteiger partial charge in [-0.2, -0.15) is 0 Å². The lowest BCUT2D eigenvalue weighted by Gasteiger charge is -2.12. The number of benzene rings is 1. The minimum absolute atomic E-state index is 0.292. The van der Waals surface area contributed by atoms with Crippen LogP contribution in [-0.4, -0.2) is 28.0 Å². The first-order valence-electron chi connectivity index (χ1n) is 7.85. The maximum Gasteiger partial charge on any atom is 0.306 e. The number of hydrogen-bond donors (Lipinski definition) is 3. The number of pyridine rings is 1. The Kier molecular flexibility index (Phi) is 6.31. The van der Waals surface area contributed by atoms with Gasteiger partial charge in [-0.25, -0.2) is 4.98 Å². The zero-order valence-corrected chi connectivity index (χ0v) is 14.2. The lowest BCUT2D eigenvalue weighted by molar-refractivity contribution is -0.137. The number of terminal acetylenes is 1. The third-order valence-electron chi connectivity index (χ3n) is 3.43. The molecule has 4 N–H and O–H groups in total. The molecular formula is C19H19N3O4. The van der Waals surface area contributed by atoms with Crippen molar-refractivity contribution >= 4 is 11.9 Å². The second kappa shape index (κ2) is 8.65. The molecule has 1 amide bonds. The van der Waals surface area contributed by atoms with Crippen molar-refractivity contribution in [1.82, 2.24) is 10.3 Å². The molecule has 2 aromatic rings. The summed E-state index contributed by atoms with van der Waals surface area (Å²) in [7, 11) is 0. The molecule has 0 aliphatic heterocycles. The second-order valence-corrected chi connectivity index (χ2v) is 5.58. The van der Waals surface area contributed by atoms with Crippen molar-refractivity contribution in [2.75, 3.05) is 0 Å². The van der Waals surface area contributed by atoms with E-state index in [1.54, 1.807) is 24.3 Å². The summed E-state index contributed by atoms with van der Waals surface area (Å²) in [6.45, 7) is 2.19. The van der Waals surface area contributed by atoms with Gasteiger partial charge in [0.25, 0.3) is 5.91 Å². The summed E-state index contributed by atoms with van der Waals surface area (Å²) in [5.41, 5.74) is 7.58. The molecule has 2 rings (SSSR count). The highest BCUT2D eigenvalue weighted by molar-refractivity contribution is 5.95. The number of carbonyl (C=O) groups excluding carboxylic acids is 1. The summed E-state index contributed by atoms with van der Waals surface area (Å²) in [5.74, 6) is 1.45. The fourth-order valence-electron chi connectivity index (χ4n) is 2.27. The molecule has 0 aliphatic carbocycles. The summed E-state index contributed by atoms with van der Waals surface area (Å²) in [6.07, 6.45) is 4.90. The number of nitrogens with one attached hydrogen (secondary N) is 1. The highest BCUT2D eigenvalue weighted by Gasteiger charge is 2.15. The fourth-order valence-corrected chi connectivity index (χ4v) is 2.27. The Morgan fingerprint density at radius 1 is 1.38 bits per heavy atom. The molecule has 0 saturated carbocycles. The van der Waals surface area contributed by atoms with Crippen LogP contribution in [-0.2, 0) is 11.3 Å². The highest BCUT2D eigenvalue weighted by Crippen LogP contribution is 2.22. The molecule has 0 saturated heterocycles. The topological polar surface area (TPSA) is 115 Å². The number of nitrogens with zero attached hydrogens (tertiary/aromatic N) is 1. The molecule has 0 spiro atoms. The number of hydrogen-bond acceptors (Lipinski definition) is 5. The van der Waals surface area contributed by atoms with Crippen LogP contribution in [0.25, 0.3) is 0 Å². The van der Waals surface area contributed by atoms with Crippen LogP contribution in [0.5, 0.6) is 11.6 Å². The van der Waals surface area contributed by atoms with E-state index in [1.807, 2.05) is 13.0 Å². The lowest BCUT2D eigenvalue weighted by Crippen LogP contribution is -2.35. The number of aromatic nitrogens is 1. The van der Waals surface area contributed by atoms with Crippen LogP contribution in [0.3, 0.4) is 0 Å². The van der Waals surface area contributed by atoms with Crippen molar-refractivity contribution in [2.24, 2.45) is 5.73 Å². The standard InChI is InChI=1S/C19H19N3O4/c1-3-15(10-18(23)24)22-19(25)14-5-4-6-16(9-14)26-17-8-13(11-20)7-12(2)21-17/h1,4-9,15H,10-11,20H2,2H3,(H,22,25)(H,23,24)/t15-/m0/s1. The van der Waals surface area contributed by atoms with E-state index in [0.717, 1.165) is 11.3 Å². The molecule has 134 valence electrons. The summed E-state index contributed by atoms with van der Waals surface area (Å²) >= 11 is 0. The van der Waals surface area contributed by atoms with Crippen molar-refractivity contribution in [3.05, 3.63) is 53.2 Å². The third-order valence-corrected chi connectivity index (χ3v) is 3.43. The average molecular weight is 353 g/mol. The molecule has 1 aromatic heterocycles. The fraction of sp³-hybridized carbons (Fsp3) is 0.211. The Bertz CT molecular complexity index is 858. The second-order valence-electron chi connectivity index (χ2n) is 5.58. The van der Waals surface area contributed by atoms with E-state index in [2.05, 4.69) is 16.2 Å². The quantitative estimate of drug-likeness (QED) is 0.655. The normalized spacial score (nSPS) is 11.3. The van der Waals surface area contributed by atoms with Gasteiger partial charge in [-0.05, 0) is 36.8 Å². The molecule has 1 heterocycles. The van der Waals surface area contributed by atoms with E-state index in [1.165, 1.54) is 6.07 Å². The molecule has 0 aliphatic rings. The van der Waals surface area contributed by atoms with Crippen molar-refractivity contribution in [1.29, 1.82) is 0 Å². The number of amides is 1. The van der Waals surface area contributed by atoms with E-state index >= 15 is 0 Å². The summed E-state index contributed by atoms with van der Waals surface area (Å²) < 4.78 is 5.71. The van der Waals surface area contributed by atoms with Gasteiger partial charge in [-0.1, -0.05) is 12.0 Å². The first kappa shape index (κ1) is 19.0. The zero-order valence-electron chi connectivity index (χ0n) is 14.2. The van der Waals surface area contributed by atoms with Gasteiger partial charge in [0.1, 0.15) is 11.8 Å². The molecule has 7 heteroatoms. The number of ether oxygens (including phenoxy) is 1. The van der Waals surface area contributed by atoms with Gasteiger partial charge in [-0.15, -0.1) is 6.42 Å². The number of rotatable bonds is 7. The molecular weight excluding hydrogens is 334 g/mol. The van der Waals surface area contributed by atoms with Crippen LogP contribution < -0.4 is 15.8 Å². The van der Waals surface area contributed by atoms with E-state index in [4.69, 9.17) is 22.0 Å². The number of aliphatic carboxylic acids is 1. The molecule has 7 nitrogen and oxygen atoms in total. The van der Waals surface area contributed by atoms with Crippen LogP contribution in [0.4, 0.5) is 0 Å². The lowest BCUT2D eigenvalue weighted by atomic mass is 10.1. The van der Waals surface area contributed by atoms with Gasteiger partial charge in [0, 0.05) is 23.9 Å². The first-order chi connectivity index (χ1) is 12.4. The Labute approximate surface area is 151 Å². The van der Waals surface area contributed by atoms with Gasteiger partial charge in [0.05, 0.1) is 6.42 Å². The number of carboxylic acids is 1. The Balaban J connectivity index is 2.15. The van der Waals surface area contributed by atoms with Crippen LogP contribution >= 0.6 is 0 Å². The van der Waals surface area contributed by atoms with E-state index in [9.17, 15) is 9.59 Å². The van der Waals surface area contributed by atoms with Crippen LogP contribution in [0.2, 0.25) is 0 Å². The van der Waals surface area contributed by atoms with Crippen molar-refractivity contribution in [3.8, 4) is 24.0 Å². The van der Waals surface area contributed by atoms with E-state index < -0.39 is 17.9 Å². The van der Waals surface area contributed by atoms with E-state index in [-0.39, 0.29) is 6.42 Å². The Morgan fingerprint density at radius 2 is 2.15 bits per heavy atom. The van der Waals surface area contributed by atoms with Crippen LogP contribution in [0, 0.1) is 19.3 Å². The zero-order chi connectivity index (χ0) is 19.1. The van der Waals surface area contributed by atoms with Gasteiger partial charge in [0.2, 0.25) is 5.88 Å². The molecule has 0 unspecified atom stereocenters. The van der Waals surface area contributed by atoms with Crippen LogP contribution in [0.15, 0.2) is 36.4 Å². The monoisotopic (exact) mass is 353 g/mol. The first-order valence-corrected chi connectivity index (χ1v) is 7.85. The van der Waals surface area contributed by atoms with Gasteiger partial charge < -0.3 is 20.9 Å². The molecule has 1 aromatic carbocycles. The minimum atomic E-state index is -1.09. The summed E-state index contributed by atoms with van der Waals surface area (Å²) in [4.78, 5) is 27.3. The number of carboxylic acid groups (broad SMARTS) is 1. The highest BCUT2D eigenvalue weighted by atomic mass is 16.5. The average Bonchev–Trinajstić information content (AvgIpc) is 2.60. The summed E-state index contributed by atoms with van der Waals surface area (Å²) in [5, 5.41) is 11.3. The smallest absolute Gasteiger partial charge is 0.306 e. The predicted octanol–water partition coefficient (Wildman–Crippen LogP) is 1.85. The van der Waals surface area contributed by atoms with Gasteiger partial charge in [0.15, 0.2) is 0 Å². The van der Waals surface area contributed by atoms with Crippen molar-refractivity contribution in [2.45, 2.75) is 25.9 Å². The van der Waals surface area contributed by atoms with Crippen molar-refractivity contribution in [3.63, 3.8) is 0 Å². The molecule has 26 heavy (non-hydrogen) atoms. The molecule has 1 atom stereocenters. The van der Waals surface area contributed by atoms with Crippen molar-refractivity contribution < 1.29 is 19.4 Å². The minimum Gasteiger partial charge on any atom is -0.481 e. The number of carbonyl (C=O) groups is 2. The number of nitrogens with two attached hydrogens (primary N) is 1. The largest absolute Gasteiger partial charge is 0.481 e. The van der Waals surface area contributed by atoms with E-state index in [0.29, 0.717) is 23.7 Å². The van der Waals surface area contributed by atoms with Gasteiger partial charge >= 0.3 is 5.97 Å². The molecule has 0 bridgehead atoms. The maximum absolute atomic E-state index is 12.3. The predicted molar refractivity (Wildman–Crippen MR) is 95.7 cm³/mol. The Morgan fingerprint density at radius 3 is 2.81 bits per heavy atom. The van der Waals surface area contributed by atoms with Gasteiger partial charge in [-0.3, -0.25) is 9.59 Å². The molecule has 0 radical (unpaired) electrons. The number of aryl methyl sites for hydroxylation is 1.